The quantitative estimate of drug-likeness (QED) is 0.144. The zero-order chi connectivity index (χ0) is 17.2. The Labute approximate surface area is 144 Å². The van der Waals surface area contributed by atoms with E-state index >= 15 is 0 Å². The fraction of sp³-hybridized carbons (Fsp3) is 0.762. The summed E-state index contributed by atoms with van der Waals surface area (Å²) in [6.07, 6.45) is 23.4. The number of hydrogen-bond acceptors (Lipinski definition) is 2. The molecule has 0 aliphatic rings. The van der Waals surface area contributed by atoms with Crippen molar-refractivity contribution in [3.05, 3.63) is 24.3 Å². The third-order valence-electron chi connectivity index (χ3n) is 3.74. The average Bonchev–Trinajstić information content (AvgIpc) is 2.50. The molecule has 0 N–H and O–H groups in total. The van der Waals surface area contributed by atoms with E-state index in [-0.39, 0.29) is 12.1 Å². The van der Waals surface area contributed by atoms with Gasteiger partial charge in [-0.3, -0.25) is 0 Å². The van der Waals surface area contributed by atoms with E-state index in [4.69, 9.17) is 4.74 Å². The first-order chi connectivity index (χ1) is 11.2. The number of unbranched alkanes of at least 4 members (excludes halogenated alkanes) is 10. The molecule has 0 saturated carbocycles. The lowest BCUT2D eigenvalue weighted by Gasteiger charge is -2.03. The highest BCUT2D eigenvalue weighted by Gasteiger charge is 1.98. The molecule has 0 amide bonds. The van der Waals surface area contributed by atoms with E-state index in [1.807, 2.05) is 19.9 Å². The van der Waals surface area contributed by atoms with E-state index in [0.717, 1.165) is 6.42 Å². The topological polar surface area (TPSA) is 26.3 Å². The molecule has 0 saturated heterocycles. The minimum absolute atomic E-state index is 0.0293. The Hall–Kier alpha value is -1.05. The van der Waals surface area contributed by atoms with Crippen LogP contribution in [0.15, 0.2) is 24.3 Å². The fourth-order valence-corrected chi connectivity index (χ4v) is 2.43. The number of carbonyl (C=O) groups is 1. The van der Waals surface area contributed by atoms with Crippen LogP contribution in [0.25, 0.3) is 0 Å². The molecule has 2 nitrogen and oxygen atoms in total. The van der Waals surface area contributed by atoms with Crippen molar-refractivity contribution in [3.63, 3.8) is 0 Å². The van der Waals surface area contributed by atoms with Crippen molar-refractivity contribution in [2.45, 2.75) is 104 Å². The maximum absolute atomic E-state index is 11.3. The Morgan fingerprint density at radius 2 is 1.26 bits per heavy atom. The molecule has 0 unspecified atom stereocenters. The molecule has 0 atom stereocenters. The second-order valence-corrected chi connectivity index (χ2v) is 6.55. The molecule has 0 aromatic heterocycles. The summed E-state index contributed by atoms with van der Waals surface area (Å²) in [5, 5.41) is 0. The van der Waals surface area contributed by atoms with Crippen molar-refractivity contribution in [3.8, 4) is 0 Å². The molecule has 0 aliphatic heterocycles. The second kappa shape index (κ2) is 17.3. The summed E-state index contributed by atoms with van der Waals surface area (Å²) in [6, 6.07) is 0. The normalized spacial score (nSPS) is 11.8. The van der Waals surface area contributed by atoms with Crippen LogP contribution in [0.5, 0.6) is 0 Å². The van der Waals surface area contributed by atoms with Crippen LogP contribution in [0.4, 0.5) is 0 Å². The number of carbonyl (C=O) groups excluding carboxylic acids is 1. The van der Waals surface area contributed by atoms with Crippen LogP contribution in [-0.4, -0.2) is 12.1 Å². The first-order valence-electron chi connectivity index (χ1n) is 9.69. The molecule has 0 heterocycles. The summed E-state index contributed by atoms with van der Waals surface area (Å²) >= 11 is 0. The Balaban J connectivity index is 3.24. The van der Waals surface area contributed by atoms with Crippen molar-refractivity contribution >= 4 is 5.97 Å². The minimum Gasteiger partial charge on any atom is -0.460 e. The SMILES string of the molecule is CCCCCC=CCCCCCCCC/C=C\C(=O)OC(C)C. The van der Waals surface area contributed by atoms with Gasteiger partial charge in [-0.25, -0.2) is 4.79 Å². The van der Waals surface area contributed by atoms with E-state index in [1.165, 1.54) is 70.6 Å². The molecule has 0 radical (unpaired) electrons. The molecule has 0 aromatic carbocycles. The van der Waals surface area contributed by atoms with Crippen LogP contribution in [0, 0.1) is 0 Å². The van der Waals surface area contributed by atoms with Crippen LogP contribution in [-0.2, 0) is 9.53 Å². The first-order valence-corrected chi connectivity index (χ1v) is 9.69. The van der Waals surface area contributed by atoms with E-state index in [0.29, 0.717) is 0 Å². The number of esters is 1. The van der Waals surface area contributed by atoms with Gasteiger partial charge in [-0.1, -0.05) is 63.7 Å². The van der Waals surface area contributed by atoms with Crippen LogP contribution in [0.1, 0.15) is 97.8 Å². The van der Waals surface area contributed by atoms with E-state index < -0.39 is 0 Å². The molecule has 0 rings (SSSR count). The number of allylic oxidation sites excluding steroid dienone is 3. The monoisotopic (exact) mass is 322 g/mol. The third-order valence-corrected chi connectivity index (χ3v) is 3.74. The molecular weight excluding hydrogens is 284 g/mol. The standard InChI is InChI=1S/C21H38O2/c1-4-5-6-7-8-9-10-11-12-13-14-15-16-17-18-19-21(22)23-20(2)3/h8-9,18-20H,4-7,10-17H2,1-3H3/b9-8?,19-18-. The van der Waals surface area contributed by atoms with Crippen LogP contribution in [0.2, 0.25) is 0 Å². The lowest BCUT2D eigenvalue weighted by molar-refractivity contribution is -0.141. The van der Waals surface area contributed by atoms with Gasteiger partial charge in [0.05, 0.1) is 6.10 Å². The van der Waals surface area contributed by atoms with Crippen molar-refractivity contribution < 1.29 is 9.53 Å². The van der Waals surface area contributed by atoms with Crippen molar-refractivity contribution in [2.75, 3.05) is 0 Å². The summed E-state index contributed by atoms with van der Waals surface area (Å²) in [6.45, 7) is 5.99. The first kappa shape index (κ1) is 21.9. The highest BCUT2D eigenvalue weighted by molar-refractivity contribution is 5.81. The maximum atomic E-state index is 11.3. The van der Waals surface area contributed by atoms with Gasteiger partial charge < -0.3 is 4.74 Å². The number of rotatable bonds is 15. The molecule has 0 bridgehead atoms. The molecule has 2 heteroatoms. The van der Waals surface area contributed by atoms with Crippen molar-refractivity contribution in [1.82, 2.24) is 0 Å². The summed E-state index contributed by atoms with van der Waals surface area (Å²) < 4.78 is 5.04. The van der Waals surface area contributed by atoms with Gasteiger partial charge in [0.15, 0.2) is 0 Å². The highest BCUT2D eigenvalue weighted by Crippen LogP contribution is 2.10. The van der Waals surface area contributed by atoms with Crippen LogP contribution < -0.4 is 0 Å². The van der Waals surface area contributed by atoms with E-state index in [1.54, 1.807) is 6.08 Å². The zero-order valence-electron chi connectivity index (χ0n) is 15.7. The van der Waals surface area contributed by atoms with Gasteiger partial charge in [0, 0.05) is 6.08 Å². The Morgan fingerprint density at radius 1 is 0.783 bits per heavy atom. The fourth-order valence-electron chi connectivity index (χ4n) is 2.43. The Kier molecular flexibility index (Phi) is 16.5. The average molecular weight is 323 g/mol. The Morgan fingerprint density at radius 3 is 1.78 bits per heavy atom. The third kappa shape index (κ3) is 18.9. The predicted octanol–water partition coefficient (Wildman–Crippen LogP) is 6.75. The van der Waals surface area contributed by atoms with Gasteiger partial charge in [-0.05, 0) is 52.4 Å². The van der Waals surface area contributed by atoms with Gasteiger partial charge in [-0.2, -0.15) is 0 Å². The van der Waals surface area contributed by atoms with Gasteiger partial charge in [-0.15, -0.1) is 0 Å². The smallest absolute Gasteiger partial charge is 0.330 e. The number of ether oxygens (including phenoxy) is 1. The molecule has 0 spiro atoms. The second-order valence-electron chi connectivity index (χ2n) is 6.55. The van der Waals surface area contributed by atoms with E-state index in [2.05, 4.69) is 19.1 Å². The lowest BCUT2D eigenvalue weighted by Crippen LogP contribution is -2.08. The maximum Gasteiger partial charge on any atom is 0.330 e. The summed E-state index contributed by atoms with van der Waals surface area (Å²) in [4.78, 5) is 11.3. The summed E-state index contributed by atoms with van der Waals surface area (Å²) in [7, 11) is 0. The molecule has 134 valence electrons. The van der Waals surface area contributed by atoms with Gasteiger partial charge in [0.25, 0.3) is 0 Å². The summed E-state index contributed by atoms with van der Waals surface area (Å²) in [5.41, 5.74) is 0. The molecule has 0 aliphatic carbocycles. The molecular formula is C21H38O2. The number of hydrogen-bond donors (Lipinski definition) is 0. The van der Waals surface area contributed by atoms with Gasteiger partial charge >= 0.3 is 5.97 Å². The molecule has 0 aromatic rings. The predicted molar refractivity (Wildman–Crippen MR) is 101 cm³/mol. The van der Waals surface area contributed by atoms with Crippen molar-refractivity contribution in [2.24, 2.45) is 0 Å². The van der Waals surface area contributed by atoms with Crippen LogP contribution >= 0.6 is 0 Å². The molecule has 0 fully saturated rings. The zero-order valence-corrected chi connectivity index (χ0v) is 15.7. The van der Waals surface area contributed by atoms with Crippen LogP contribution in [0.3, 0.4) is 0 Å². The van der Waals surface area contributed by atoms with Gasteiger partial charge in [0.1, 0.15) is 0 Å². The summed E-state index contributed by atoms with van der Waals surface area (Å²) in [5.74, 6) is -0.220. The van der Waals surface area contributed by atoms with E-state index in [9.17, 15) is 4.79 Å². The largest absolute Gasteiger partial charge is 0.460 e. The molecule has 23 heavy (non-hydrogen) atoms. The highest BCUT2D eigenvalue weighted by atomic mass is 16.5. The van der Waals surface area contributed by atoms with Gasteiger partial charge in [0.2, 0.25) is 0 Å². The van der Waals surface area contributed by atoms with Crippen molar-refractivity contribution in [1.29, 1.82) is 0 Å². The minimum atomic E-state index is -0.220. The Bertz CT molecular complexity index is 316. The lowest BCUT2D eigenvalue weighted by atomic mass is 10.1.